The van der Waals surface area contributed by atoms with E-state index in [0.29, 0.717) is 24.6 Å². The molecule has 7 heteroatoms. The molecule has 0 radical (unpaired) electrons. The Kier molecular flexibility index (Phi) is 8.75. The van der Waals surface area contributed by atoms with Gasteiger partial charge in [0.25, 0.3) is 5.91 Å². The lowest BCUT2D eigenvalue weighted by molar-refractivity contribution is -0.143. The lowest BCUT2D eigenvalue weighted by atomic mass is 9.98. The summed E-state index contributed by atoms with van der Waals surface area (Å²) in [6.07, 6.45) is -2.78. The Morgan fingerprint density at radius 2 is 2.00 bits per heavy atom. The zero-order valence-corrected chi connectivity index (χ0v) is 15.0. The Morgan fingerprint density at radius 1 is 1.32 bits per heavy atom. The molecule has 0 aliphatic heterocycles. The van der Waals surface area contributed by atoms with E-state index in [0.717, 1.165) is 12.0 Å². The van der Waals surface area contributed by atoms with Gasteiger partial charge in [-0.1, -0.05) is 32.0 Å². The number of ether oxygens (including phenoxy) is 1. The maximum absolute atomic E-state index is 12.2. The van der Waals surface area contributed by atoms with Gasteiger partial charge in [0.1, 0.15) is 5.75 Å². The van der Waals surface area contributed by atoms with Crippen molar-refractivity contribution in [3.8, 4) is 5.75 Å². The van der Waals surface area contributed by atoms with E-state index in [1.165, 1.54) is 11.9 Å². The standard InChI is InChI=1S/C18H27F3N2O2/c1-4-14(2)15-8-5-6-9-16(15)25-12-17(24)22-10-7-11-23(3)13-18(19,20)21/h5-6,8-9,14H,4,7,10-13H2,1-3H3,(H,22,24). The number of hydrogen-bond donors (Lipinski definition) is 1. The normalized spacial score (nSPS) is 12.9. The fourth-order valence-electron chi connectivity index (χ4n) is 2.40. The van der Waals surface area contributed by atoms with E-state index >= 15 is 0 Å². The molecule has 0 aromatic heterocycles. The van der Waals surface area contributed by atoms with E-state index in [1.807, 2.05) is 24.3 Å². The van der Waals surface area contributed by atoms with Crippen molar-refractivity contribution in [2.75, 3.05) is 33.3 Å². The van der Waals surface area contributed by atoms with E-state index in [1.54, 1.807) is 0 Å². The molecule has 0 aliphatic carbocycles. The molecule has 1 atom stereocenters. The van der Waals surface area contributed by atoms with Crippen LogP contribution in [0.4, 0.5) is 13.2 Å². The van der Waals surface area contributed by atoms with Crippen LogP contribution in [-0.2, 0) is 4.79 Å². The van der Waals surface area contributed by atoms with Crippen LogP contribution in [0.15, 0.2) is 24.3 Å². The topological polar surface area (TPSA) is 41.6 Å². The largest absolute Gasteiger partial charge is 0.483 e. The third kappa shape index (κ3) is 8.77. The molecule has 0 spiro atoms. The van der Waals surface area contributed by atoms with Gasteiger partial charge in [-0.25, -0.2) is 0 Å². The van der Waals surface area contributed by atoms with Gasteiger partial charge in [-0.05, 0) is 44.0 Å². The molecule has 25 heavy (non-hydrogen) atoms. The third-order valence-corrected chi connectivity index (χ3v) is 3.91. The molecule has 0 saturated carbocycles. The smallest absolute Gasteiger partial charge is 0.401 e. The number of halogens is 3. The number of hydrogen-bond acceptors (Lipinski definition) is 3. The van der Waals surface area contributed by atoms with Crippen LogP contribution < -0.4 is 10.1 Å². The van der Waals surface area contributed by atoms with E-state index in [-0.39, 0.29) is 19.1 Å². The van der Waals surface area contributed by atoms with Crippen molar-refractivity contribution in [3.05, 3.63) is 29.8 Å². The summed E-state index contributed by atoms with van der Waals surface area (Å²) < 4.78 is 42.2. The summed E-state index contributed by atoms with van der Waals surface area (Å²) in [6.45, 7) is 3.71. The van der Waals surface area contributed by atoms with Crippen LogP contribution in [0.1, 0.15) is 38.2 Å². The second-order valence-electron chi connectivity index (χ2n) is 6.19. The SMILES string of the molecule is CCC(C)c1ccccc1OCC(=O)NCCCN(C)CC(F)(F)F. The van der Waals surface area contributed by atoms with Crippen LogP contribution in [-0.4, -0.2) is 50.3 Å². The van der Waals surface area contributed by atoms with Crippen LogP contribution in [0.3, 0.4) is 0 Å². The molecule has 1 N–H and O–H groups in total. The summed E-state index contributed by atoms with van der Waals surface area (Å²) in [6, 6.07) is 7.61. The molecule has 4 nitrogen and oxygen atoms in total. The predicted molar refractivity (Wildman–Crippen MR) is 91.8 cm³/mol. The van der Waals surface area contributed by atoms with Crippen molar-refractivity contribution in [3.63, 3.8) is 0 Å². The molecule has 0 aliphatic rings. The highest BCUT2D eigenvalue weighted by Gasteiger charge is 2.28. The first-order valence-electron chi connectivity index (χ1n) is 8.46. The maximum atomic E-state index is 12.2. The van der Waals surface area contributed by atoms with Gasteiger partial charge >= 0.3 is 6.18 Å². The molecule has 1 unspecified atom stereocenters. The molecular formula is C18H27F3N2O2. The van der Waals surface area contributed by atoms with Gasteiger partial charge in [-0.2, -0.15) is 13.2 Å². The van der Waals surface area contributed by atoms with Crippen LogP contribution in [0, 0.1) is 0 Å². The third-order valence-electron chi connectivity index (χ3n) is 3.91. The fourth-order valence-corrected chi connectivity index (χ4v) is 2.40. The number of nitrogens with zero attached hydrogens (tertiary/aromatic N) is 1. The van der Waals surface area contributed by atoms with Crippen molar-refractivity contribution < 1.29 is 22.7 Å². The highest BCUT2D eigenvalue weighted by atomic mass is 19.4. The molecular weight excluding hydrogens is 333 g/mol. The Balaban J connectivity index is 2.30. The van der Waals surface area contributed by atoms with Crippen molar-refractivity contribution >= 4 is 5.91 Å². The van der Waals surface area contributed by atoms with E-state index in [2.05, 4.69) is 19.2 Å². The summed E-state index contributed by atoms with van der Waals surface area (Å²) >= 11 is 0. The number of para-hydroxylation sites is 1. The zero-order chi connectivity index (χ0) is 18.9. The van der Waals surface area contributed by atoms with Gasteiger partial charge in [0, 0.05) is 6.54 Å². The van der Waals surface area contributed by atoms with Gasteiger partial charge in [-0.15, -0.1) is 0 Å². The monoisotopic (exact) mass is 360 g/mol. The molecule has 142 valence electrons. The number of benzene rings is 1. The number of carbonyl (C=O) groups is 1. The first-order chi connectivity index (χ1) is 11.7. The number of alkyl halides is 3. The Labute approximate surface area is 147 Å². The van der Waals surface area contributed by atoms with Gasteiger partial charge in [-0.3, -0.25) is 9.69 Å². The lowest BCUT2D eigenvalue weighted by Gasteiger charge is -2.18. The Bertz CT molecular complexity index is 535. The van der Waals surface area contributed by atoms with Gasteiger partial charge in [0.15, 0.2) is 6.61 Å². The second kappa shape index (κ2) is 10.3. The van der Waals surface area contributed by atoms with Crippen LogP contribution in [0.5, 0.6) is 5.75 Å². The lowest BCUT2D eigenvalue weighted by Crippen LogP contribution is -2.35. The van der Waals surface area contributed by atoms with Crippen LogP contribution >= 0.6 is 0 Å². The first-order valence-corrected chi connectivity index (χ1v) is 8.46. The number of nitrogens with one attached hydrogen (secondary N) is 1. The minimum Gasteiger partial charge on any atom is -0.483 e. The number of rotatable bonds is 10. The molecule has 0 fully saturated rings. The summed E-state index contributed by atoms with van der Waals surface area (Å²) in [5.74, 6) is 0.748. The molecule has 1 aromatic carbocycles. The minimum atomic E-state index is -4.20. The van der Waals surface area contributed by atoms with Crippen LogP contribution in [0.2, 0.25) is 0 Å². The minimum absolute atomic E-state index is 0.105. The maximum Gasteiger partial charge on any atom is 0.401 e. The van der Waals surface area contributed by atoms with Gasteiger partial charge in [0.2, 0.25) is 0 Å². The van der Waals surface area contributed by atoms with Crippen molar-refractivity contribution in [1.29, 1.82) is 0 Å². The highest BCUT2D eigenvalue weighted by Crippen LogP contribution is 2.28. The number of amides is 1. The molecule has 0 saturated heterocycles. The number of carbonyl (C=O) groups excluding carboxylic acids is 1. The highest BCUT2D eigenvalue weighted by molar-refractivity contribution is 5.77. The fraction of sp³-hybridized carbons (Fsp3) is 0.611. The zero-order valence-electron chi connectivity index (χ0n) is 15.0. The molecule has 1 amide bonds. The molecule has 0 bridgehead atoms. The van der Waals surface area contributed by atoms with Crippen molar-refractivity contribution in [2.45, 2.75) is 38.8 Å². The summed E-state index contributed by atoms with van der Waals surface area (Å²) in [5.41, 5.74) is 1.06. The summed E-state index contributed by atoms with van der Waals surface area (Å²) in [4.78, 5) is 13.0. The first kappa shape index (κ1) is 21.3. The molecule has 0 heterocycles. The van der Waals surface area contributed by atoms with E-state index in [4.69, 9.17) is 4.74 Å². The molecule has 1 aromatic rings. The quantitative estimate of drug-likeness (QED) is 0.649. The average molecular weight is 360 g/mol. The van der Waals surface area contributed by atoms with Crippen molar-refractivity contribution in [1.82, 2.24) is 10.2 Å². The van der Waals surface area contributed by atoms with Gasteiger partial charge < -0.3 is 10.1 Å². The van der Waals surface area contributed by atoms with E-state index < -0.39 is 12.7 Å². The van der Waals surface area contributed by atoms with Crippen molar-refractivity contribution in [2.24, 2.45) is 0 Å². The Morgan fingerprint density at radius 3 is 2.64 bits per heavy atom. The average Bonchev–Trinajstić information content (AvgIpc) is 2.55. The molecule has 1 rings (SSSR count). The Hall–Kier alpha value is -1.76. The summed E-state index contributed by atoms with van der Waals surface area (Å²) in [5, 5.41) is 2.66. The summed E-state index contributed by atoms with van der Waals surface area (Å²) in [7, 11) is 1.41. The predicted octanol–water partition coefficient (Wildman–Crippen LogP) is 3.58. The van der Waals surface area contributed by atoms with Gasteiger partial charge in [0.05, 0.1) is 6.54 Å². The van der Waals surface area contributed by atoms with Crippen LogP contribution in [0.25, 0.3) is 0 Å². The van der Waals surface area contributed by atoms with E-state index in [9.17, 15) is 18.0 Å². The second-order valence-corrected chi connectivity index (χ2v) is 6.19.